The molecule has 1 N–H and O–H groups in total. The fraction of sp³-hybridized carbons (Fsp3) is 0.538. The summed E-state index contributed by atoms with van der Waals surface area (Å²) in [6.45, 7) is 0. The van der Waals surface area contributed by atoms with Gasteiger partial charge in [-0.05, 0) is 37.3 Å². The highest BCUT2D eigenvalue weighted by atomic mass is 32.2. The van der Waals surface area contributed by atoms with Gasteiger partial charge in [-0.3, -0.25) is 0 Å². The van der Waals surface area contributed by atoms with Crippen molar-refractivity contribution in [1.29, 1.82) is 0 Å². The van der Waals surface area contributed by atoms with E-state index in [9.17, 15) is 17.2 Å². The highest BCUT2D eigenvalue weighted by Crippen LogP contribution is 2.35. The van der Waals surface area contributed by atoms with E-state index in [-0.39, 0.29) is 22.3 Å². The number of benzene rings is 1. The number of rotatable bonds is 2. The molecule has 3 nitrogen and oxygen atoms in total. The van der Waals surface area contributed by atoms with Gasteiger partial charge in [-0.15, -0.1) is 0 Å². The van der Waals surface area contributed by atoms with Crippen LogP contribution in [0, 0.1) is 11.6 Å². The molecule has 2 aliphatic rings. The van der Waals surface area contributed by atoms with E-state index < -0.39 is 21.5 Å². The minimum absolute atomic E-state index is 0.0780. The van der Waals surface area contributed by atoms with Crippen molar-refractivity contribution in [3.63, 3.8) is 0 Å². The molecule has 3 rings (SSSR count). The predicted molar refractivity (Wildman–Crippen MR) is 66.5 cm³/mol. The molecule has 1 aromatic rings. The molecule has 1 fully saturated rings. The van der Waals surface area contributed by atoms with Crippen LogP contribution in [-0.4, -0.2) is 20.2 Å². The van der Waals surface area contributed by atoms with E-state index in [0.717, 1.165) is 18.9 Å². The molecule has 1 heterocycles. The smallest absolute Gasteiger partial charge is 0.181 e. The van der Waals surface area contributed by atoms with Gasteiger partial charge in [0, 0.05) is 18.2 Å². The van der Waals surface area contributed by atoms with Gasteiger partial charge in [-0.2, -0.15) is 0 Å². The molecule has 1 aliphatic carbocycles. The van der Waals surface area contributed by atoms with Gasteiger partial charge in [0.25, 0.3) is 0 Å². The number of hydrogen-bond donors (Lipinski definition) is 1. The molecule has 0 bridgehead atoms. The summed E-state index contributed by atoms with van der Waals surface area (Å²) in [7, 11) is -3.66. The van der Waals surface area contributed by atoms with Gasteiger partial charge >= 0.3 is 0 Å². The van der Waals surface area contributed by atoms with Crippen molar-refractivity contribution in [3.05, 3.63) is 29.3 Å². The number of nitrogens with one attached hydrogen (secondary N) is 1. The molecule has 1 saturated carbocycles. The fourth-order valence-electron chi connectivity index (χ4n) is 2.61. The first-order valence-electron chi connectivity index (χ1n) is 6.45. The summed E-state index contributed by atoms with van der Waals surface area (Å²) in [6, 6.07) is 1.88. The third kappa shape index (κ3) is 2.51. The summed E-state index contributed by atoms with van der Waals surface area (Å²) in [5.74, 6) is -1.78. The van der Waals surface area contributed by atoms with Gasteiger partial charge in [0.2, 0.25) is 0 Å². The SMILES string of the molecule is O=S1(=O)CCCC(NC2CC2)c2cc(F)cc(F)c21. The standard InChI is InChI=1S/C13H15F2NO2S/c14-8-6-10-12(16-9-3-4-9)2-1-5-19(17,18)13(10)11(15)7-8/h6-7,9,12,16H,1-5H2. The van der Waals surface area contributed by atoms with E-state index in [1.165, 1.54) is 0 Å². The second-order valence-electron chi connectivity index (χ2n) is 5.26. The number of halogens is 2. The molecule has 1 unspecified atom stereocenters. The second kappa shape index (κ2) is 4.52. The summed E-state index contributed by atoms with van der Waals surface area (Å²) >= 11 is 0. The lowest BCUT2D eigenvalue weighted by Gasteiger charge is -2.19. The Morgan fingerprint density at radius 3 is 2.58 bits per heavy atom. The molecule has 1 aromatic carbocycles. The summed E-state index contributed by atoms with van der Waals surface area (Å²) < 4.78 is 51.5. The Morgan fingerprint density at radius 1 is 1.16 bits per heavy atom. The van der Waals surface area contributed by atoms with Crippen LogP contribution >= 0.6 is 0 Å². The largest absolute Gasteiger partial charge is 0.307 e. The van der Waals surface area contributed by atoms with Crippen LogP contribution in [0.5, 0.6) is 0 Å². The van der Waals surface area contributed by atoms with Crippen LogP contribution in [0.25, 0.3) is 0 Å². The van der Waals surface area contributed by atoms with Gasteiger partial charge in [0.1, 0.15) is 16.5 Å². The van der Waals surface area contributed by atoms with Crippen LogP contribution < -0.4 is 5.32 Å². The first-order chi connectivity index (χ1) is 8.97. The van der Waals surface area contributed by atoms with Gasteiger partial charge in [-0.1, -0.05) is 0 Å². The van der Waals surface area contributed by atoms with Crippen molar-refractivity contribution in [2.45, 2.75) is 42.7 Å². The molecule has 0 saturated heterocycles. The quantitative estimate of drug-likeness (QED) is 0.849. The number of fused-ring (bicyclic) bond motifs is 1. The van der Waals surface area contributed by atoms with Crippen LogP contribution in [0.1, 0.15) is 37.3 Å². The molecule has 0 aromatic heterocycles. The first-order valence-corrected chi connectivity index (χ1v) is 8.10. The van der Waals surface area contributed by atoms with Crippen molar-refractivity contribution in [1.82, 2.24) is 5.32 Å². The summed E-state index contributed by atoms with van der Waals surface area (Å²) in [6.07, 6.45) is 3.13. The zero-order valence-electron chi connectivity index (χ0n) is 10.3. The molecule has 19 heavy (non-hydrogen) atoms. The lowest BCUT2D eigenvalue weighted by Crippen LogP contribution is -2.24. The Morgan fingerprint density at radius 2 is 1.89 bits per heavy atom. The molecule has 1 aliphatic heterocycles. The van der Waals surface area contributed by atoms with Crippen LogP contribution in [0.4, 0.5) is 8.78 Å². The van der Waals surface area contributed by atoms with Gasteiger partial charge in [0.05, 0.1) is 5.75 Å². The maximum Gasteiger partial charge on any atom is 0.181 e. The average molecular weight is 287 g/mol. The molecule has 6 heteroatoms. The van der Waals surface area contributed by atoms with E-state index in [2.05, 4.69) is 5.32 Å². The minimum Gasteiger partial charge on any atom is -0.307 e. The topological polar surface area (TPSA) is 46.2 Å². The van der Waals surface area contributed by atoms with Crippen LogP contribution in [0.3, 0.4) is 0 Å². The summed E-state index contributed by atoms with van der Waals surface area (Å²) in [5.41, 5.74) is 0.252. The van der Waals surface area contributed by atoms with Crippen LogP contribution in [0.15, 0.2) is 17.0 Å². The Hall–Kier alpha value is -1.01. The number of sulfone groups is 1. The second-order valence-corrected chi connectivity index (χ2v) is 7.31. The van der Waals surface area contributed by atoms with E-state index in [1.54, 1.807) is 0 Å². The van der Waals surface area contributed by atoms with E-state index in [0.29, 0.717) is 24.9 Å². The van der Waals surface area contributed by atoms with Crippen molar-refractivity contribution >= 4 is 9.84 Å². The molecular formula is C13H15F2NO2S. The predicted octanol–water partition coefficient (Wildman–Crippen LogP) is 2.33. The maximum absolute atomic E-state index is 13.9. The Labute approximate surface area is 110 Å². The zero-order valence-corrected chi connectivity index (χ0v) is 11.1. The Kier molecular flexibility index (Phi) is 3.09. The van der Waals surface area contributed by atoms with Gasteiger partial charge < -0.3 is 5.32 Å². The molecule has 0 radical (unpaired) electrons. The highest BCUT2D eigenvalue weighted by molar-refractivity contribution is 7.91. The molecule has 0 amide bonds. The minimum atomic E-state index is -3.66. The van der Waals surface area contributed by atoms with Crippen molar-refractivity contribution in [3.8, 4) is 0 Å². The zero-order chi connectivity index (χ0) is 13.6. The maximum atomic E-state index is 13.9. The molecular weight excluding hydrogens is 272 g/mol. The lowest BCUT2D eigenvalue weighted by molar-refractivity contribution is 0.476. The van der Waals surface area contributed by atoms with Crippen molar-refractivity contribution in [2.24, 2.45) is 0 Å². The van der Waals surface area contributed by atoms with Gasteiger partial charge in [-0.25, -0.2) is 17.2 Å². The summed E-state index contributed by atoms with van der Waals surface area (Å²) in [5, 5.41) is 3.28. The van der Waals surface area contributed by atoms with E-state index in [4.69, 9.17) is 0 Å². The van der Waals surface area contributed by atoms with Gasteiger partial charge in [0.15, 0.2) is 9.84 Å². The van der Waals surface area contributed by atoms with E-state index in [1.807, 2.05) is 0 Å². The normalized spacial score (nSPS) is 25.7. The number of hydrogen-bond acceptors (Lipinski definition) is 3. The first kappa shape index (κ1) is 13.0. The highest BCUT2D eigenvalue weighted by Gasteiger charge is 2.34. The molecule has 1 atom stereocenters. The monoisotopic (exact) mass is 287 g/mol. The van der Waals surface area contributed by atoms with Crippen molar-refractivity contribution < 1.29 is 17.2 Å². The molecule has 104 valence electrons. The van der Waals surface area contributed by atoms with Crippen LogP contribution in [-0.2, 0) is 9.84 Å². The Balaban J connectivity index is 2.13. The summed E-state index contributed by atoms with van der Waals surface area (Å²) in [4.78, 5) is -0.315. The van der Waals surface area contributed by atoms with E-state index >= 15 is 0 Å². The average Bonchev–Trinajstić information content (AvgIpc) is 3.09. The lowest BCUT2D eigenvalue weighted by atomic mass is 10.0. The third-order valence-corrected chi connectivity index (χ3v) is 5.52. The van der Waals surface area contributed by atoms with Crippen LogP contribution in [0.2, 0.25) is 0 Å². The third-order valence-electron chi connectivity index (χ3n) is 3.64. The Bertz CT molecular complexity index is 611. The van der Waals surface area contributed by atoms with Crippen molar-refractivity contribution in [2.75, 3.05) is 5.75 Å². The molecule has 0 spiro atoms. The fourth-order valence-corrected chi connectivity index (χ4v) is 4.28.